The molecule has 7 heteroatoms. The first-order valence-electron chi connectivity index (χ1n) is 12.2. The van der Waals surface area contributed by atoms with E-state index in [0.717, 1.165) is 41.8 Å². The Morgan fingerprint density at radius 1 is 1.15 bits per heavy atom. The van der Waals surface area contributed by atoms with Gasteiger partial charge in [-0.1, -0.05) is 36.8 Å². The molecule has 2 heterocycles. The van der Waals surface area contributed by atoms with Crippen molar-refractivity contribution in [3.8, 4) is 5.75 Å². The van der Waals surface area contributed by atoms with Gasteiger partial charge in [0, 0.05) is 23.1 Å². The van der Waals surface area contributed by atoms with E-state index in [-0.39, 0.29) is 54.9 Å². The molecule has 7 nitrogen and oxygen atoms in total. The number of carbonyl (C=O) groups is 2. The Kier molecular flexibility index (Phi) is 6.57. The maximum absolute atomic E-state index is 12.8. The average molecular weight is 465 g/mol. The number of ether oxygens (including phenoxy) is 2. The summed E-state index contributed by atoms with van der Waals surface area (Å²) in [5, 5.41) is 16.1. The van der Waals surface area contributed by atoms with Crippen molar-refractivity contribution in [2.75, 3.05) is 11.9 Å². The molecule has 0 radical (unpaired) electrons. The van der Waals surface area contributed by atoms with Crippen molar-refractivity contribution < 1.29 is 24.2 Å². The zero-order valence-corrected chi connectivity index (χ0v) is 19.4. The first-order valence-corrected chi connectivity index (χ1v) is 12.2. The van der Waals surface area contributed by atoms with Gasteiger partial charge in [-0.15, -0.1) is 0 Å². The van der Waals surface area contributed by atoms with Crippen LogP contribution in [0.3, 0.4) is 0 Å². The second kappa shape index (κ2) is 9.76. The van der Waals surface area contributed by atoms with Gasteiger partial charge in [-0.25, -0.2) is 0 Å². The minimum Gasteiger partial charge on any atom is -0.487 e. The van der Waals surface area contributed by atoms with Crippen LogP contribution in [0.4, 0.5) is 5.69 Å². The summed E-state index contributed by atoms with van der Waals surface area (Å²) in [4.78, 5) is 25.2. The molecule has 1 saturated heterocycles. The Morgan fingerprint density at radius 3 is 2.65 bits per heavy atom. The Balaban J connectivity index is 1.26. The van der Waals surface area contributed by atoms with Crippen LogP contribution >= 0.6 is 0 Å². The van der Waals surface area contributed by atoms with E-state index in [0.29, 0.717) is 6.42 Å². The summed E-state index contributed by atoms with van der Waals surface area (Å²) < 4.78 is 12.2. The molecule has 5 atom stereocenters. The maximum Gasteiger partial charge on any atom is 0.227 e. The number of anilines is 1. The molecule has 2 aliphatic heterocycles. The molecule has 180 valence electrons. The molecule has 2 aromatic carbocycles. The first-order chi connectivity index (χ1) is 16.5. The molecule has 0 bridgehead atoms. The summed E-state index contributed by atoms with van der Waals surface area (Å²) in [7, 11) is 0. The van der Waals surface area contributed by atoms with Gasteiger partial charge in [0.25, 0.3) is 0 Å². The third-order valence-corrected chi connectivity index (χ3v) is 7.33. The van der Waals surface area contributed by atoms with Crippen molar-refractivity contribution >= 4 is 17.5 Å². The van der Waals surface area contributed by atoms with E-state index in [2.05, 4.69) is 10.6 Å². The largest absolute Gasteiger partial charge is 0.487 e. The van der Waals surface area contributed by atoms with E-state index in [1.807, 2.05) is 55.5 Å². The first kappa shape index (κ1) is 22.9. The van der Waals surface area contributed by atoms with Crippen molar-refractivity contribution in [1.29, 1.82) is 0 Å². The van der Waals surface area contributed by atoms with Crippen LogP contribution in [0, 0.1) is 5.92 Å². The van der Waals surface area contributed by atoms with Crippen molar-refractivity contribution in [3.63, 3.8) is 0 Å². The Morgan fingerprint density at radius 2 is 1.94 bits per heavy atom. The molecule has 0 aromatic heterocycles. The van der Waals surface area contributed by atoms with E-state index in [4.69, 9.17) is 9.47 Å². The van der Waals surface area contributed by atoms with Gasteiger partial charge in [0.05, 0.1) is 25.2 Å². The SMILES string of the molecule is C[C@@H](NC(=O)C[C@@H]1C[C@H]2c3cc(NC(=O)C4CCC4)ccc3O[C@H]2[C@H](CO)O1)c1ccccc1. The van der Waals surface area contributed by atoms with Gasteiger partial charge in [0.15, 0.2) is 0 Å². The fourth-order valence-corrected chi connectivity index (χ4v) is 5.21. The number of amides is 2. The summed E-state index contributed by atoms with van der Waals surface area (Å²) in [5.41, 5.74) is 2.81. The number of hydrogen-bond acceptors (Lipinski definition) is 5. The quantitative estimate of drug-likeness (QED) is 0.581. The highest BCUT2D eigenvalue weighted by atomic mass is 16.6. The number of fused-ring (bicyclic) bond motifs is 3. The zero-order chi connectivity index (χ0) is 23.7. The monoisotopic (exact) mass is 464 g/mol. The molecule has 1 aliphatic carbocycles. The number of aliphatic hydroxyl groups excluding tert-OH is 1. The van der Waals surface area contributed by atoms with Crippen LogP contribution in [-0.2, 0) is 14.3 Å². The fourth-order valence-electron chi connectivity index (χ4n) is 5.21. The van der Waals surface area contributed by atoms with Gasteiger partial charge in [-0.05, 0) is 49.9 Å². The number of aliphatic hydroxyl groups is 1. The number of hydrogen-bond donors (Lipinski definition) is 3. The highest BCUT2D eigenvalue weighted by Gasteiger charge is 2.46. The van der Waals surface area contributed by atoms with Crippen molar-refractivity contribution in [2.45, 2.75) is 69.3 Å². The lowest BCUT2D eigenvalue weighted by Gasteiger charge is -2.37. The number of rotatable bonds is 7. The minimum absolute atomic E-state index is 0.00852. The van der Waals surface area contributed by atoms with Gasteiger partial charge in [-0.3, -0.25) is 9.59 Å². The molecule has 2 amide bonds. The molecule has 2 fully saturated rings. The highest BCUT2D eigenvalue weighted by Crippen LogP contribution is 2.47. The molecule has 0 spiro atoms. The predicted molar refractivity (Wildman–Crippen MR) is 128 cm³/mol. The second-order valence-electron chi connectivity index (χ2n) is 9.68. The third-order valence-electron chi connectivity index (χ3n) is 7.33. The van der Waals surface area contributed by atoms with E-state index in [1.54, 1.807) is 0 Å². The summed E-state index contributed by atoms with van der Waals surface area (Å²) in [6.45, 7) is 1.78. The Labute approximate surface area is 199 Å². The molecule has 3 N–H and O–H groups in total. The summed E-state index contributed by atoms with van der Waals surface area (Å²) in [5.74, 6) is 0.841. The molecule has 0 unspecified atom stereocenters. The molecule has 3 aliphatic rings. The third kappa shape index (κ3) is 4.68. The van der Waals surface area contributed by atoms with Crippen molar-refractivity contribution in [1.82, 2.24) is 5.32 Å². The summed E-state index contributed by atoms with van der Waals surface area (Å²) in [6.07, 6.45) is 2.69. The van der Waals surface area contributed by atoms with E-state index in [9.17, 15) is 14.7 Å². The lowest BCUT2D eigenvalue weighted by molar-refractivity contribution is -0.142. The number of benzene rings is 2. The number of carbonyl (C=O) groups excluding carboxylic acids is 2. The van der Waals surface area contributed by atoms with Crippen LogP contribution in [0.2, 0.25) is 0 Å². The van der Waals surface area contributed by atoms with Gasteiger partial charge in [0.1, 0.15) is 18.0 Å². The lowest BCUT2D eigenvalue weighted by atomic mass is 9.83. The summed E-state index contributed by atoms with van der Waals surface area (Å²) >= 11 is 0. The maximum atomic E-state index is 12.8. The van der Waals surface area contributed by atoms with E-state index >= 15 is 0 Å². The Bertz CT molecular complexity index is 1040. The smallest absolute Gasteiger partial charge is 0.227 e. The number of nitrogens with one attached hydrogen (secondary N) is 2. The van der Waals surface area contributed by atoms with Crippen molar-refractivity contribution in [3.05, 3.63) is 59.7 Å². The van der Waals surface area contributed by atoms with Gasteiger partial charge < -0.3 is 25.2 Å². The fraction of sp³-hybridized carbons (Fsp3) is 0.481. The van der Waals surface area contributed by atoms with Crippen LogP contribution in [0.1, 0.15) is 62.1 Å². The topological polar surface area (TPSA) is 96.9 Å². The van der Waals surface area contributed by atoms with Crippen LogP contribution in [0.25, 0.3) is 0 Å². The molecule has 5 rings (SSSR count). The predicted octanol–water partition coefficient (Wildman–Crippen LogP) is 3.69. The van der Waals surface area contributed by atoms with Crippen LogP contribution in [0.15, 0.2) is 48.5 Å². The second-order valence-corrected chi connectivity index (χ2v) is 9.68. The van der Waals surface area contributed by atoms with Crippen molar-refractivity contribution in [2.24, 2.45) is 5.92 Å². The molecule has 1 saturated carbocycles. The zero-order valence-electron chi connectivity index (χ0n) is 19.4. The van der Waals surface area contributed by atoms with Crippen LogP contribution in [0.5, 0.6) is 5.75 Å². The van der Waals surface area contributed by atoms with E-state index in [1.165, 1.54) is 0 Å². The normalized spacial score (nSPS) is 26.4. The van der Waals surface area contributed by atoms with Crippen LogP contribution in [-0.4, -0.2) is 41.8 Å². The highest BCUT2D eigenvalue weighted by molar-refractivity contribution is 5.93. The van der Waals surface area contributed by atoms with Gasteiger partial charge >= 0.3 is 0 Å². The minimum atomic E-state index is -0.511. The average Bonchev–Trinajstić information content (AvgIpc) is 3.16. The summed E-state index contributed by atoms with van der Waals surface area (Å²) in [6, 6.07) is 15.4. The van der Waals surface area contributed by atoms with Gasteiger partial charge in [0.2, 0.25) is 11.8 Å². The lowest BCUT2D eigenvalue weighted by Crippen LogP contribution is -2.47. The van der Waals surface area contributed by atoms with Gasteiger partial charge in [-0.2, -0.15) is 0 Å². The molecule has 34 heavy (non-hydrogen) atoms. The molecule has 2 aromatic rings. The standard InChI is InChI=1S/C27H32N2O5/c1-16(17-6-3-2-4-7-17)28-25(31)14-20-13-22-21-12-19(29-27(32)18-8-5-9-18)10-11-23(21)34-26(22)24(15-30)33-20/h2-4,6-7,10-12,16,18,20,22,24,26,30H,5,8-9,13-15H2,1H3,(H,28,31)(H,29,32)/t16-,20+,22+,24+,26-/m1/s1. The van der Waals surface area contributed by atoms with E-state index < -0.39 is 6.10 Å². The molecular formula is C27H32N2O5. The van der Waals surface area contributed by atoms with Crippen LogP contribution < -0.4 is 15.4 Å². The molecular weight excluding hydrogens is 432 g/mol. The Hall–Kier alpha value is -2.90.